The summed E-state index contributed by atoms with van der Waals surface area (Å²) < 4.78 is 5.79. The van der Waals surface area contributed by atoms with Crippen LogP contribution in [0.4, 0.5) is 0 Å². The Labute approximate surface area is 113 Å². The van der Waals surface area contributed by atoms with Gasteiger partial charge in [0, 0.05) is 32.7 Å². The van der Waals surface area contributed by atoms with Crippen molar-refractivity contribution in [2.45, 2.75) is 32.8 Å². The molecule has 0 aromatic carbocycles. The van der Waals surface area contributed by atoms with Crippen LogP contribution in [0.15, 0.2) is 0 Å². The standard InChI is InChI=1S/C14H31N3O/c1-4-6-15-12-14-13-17(10-11-18-14)9-8-16(3)7-5-2/h14-15H,4-13H2,1-3H3. The number of ether oxygens (including phenoxy) is 1. The molecule has 4 heteroatoms. The fraction of sp³-hybridized carbons (Fsp3) is 1.00. The molecule has 0 aromatic rings. The molecule has 1 atom stereocenters. The Morgan fingerprint density at radius 3 is 2.83 bits per heavy atom. The maximum atomic E-state index is 5.79. The van der Waals surface area contributed by atoms with Crippen LogP contribution < -0.4 is 5.32 Å². The van der Waals surface area contributed by atoms with Crippen LogP contribution in [0, 0.1) is 0 Å². The summed E-state index contributed by atoms with van der Waals surface area (Å²) in [6.07, 6.45) is 2.81. The van der Waals surface area contributed by atoms with Crippen LogP contribution >= 0.6 is 0 Å². The maximum absolute atomic E-state index is 5.79. The van der Waals surface area contributed by atoms with Gasteiger partial charge in [-0.25, -0.2) is 0 Å². The van der Waals surface area contributed by atoms with Gasteiger partial charge < -0.3 is 15.0 Å². The van der Waals surface area contributed by atoms with Crippen molar-refractivity contribution in [1.82, 2.24) is 15.1 Å². The predicted octanol–water partition coefficient (Wildman–Crippen LogP) is 1.03. The highest BCUT2D eigenvalue weighted by atomic mass is 16.5. The molecule has 0 radical (unpaired) electrons. The normalized spacial score (nSPS) is 21.7. The van der Waals surface area contributed by atoms with Crippen LogP contribution in [0.2, 0.25) is 0 Å². The van der Waals surface area contributed by atoms with Crippen LogP contribution in [0.5, 0.6) is 0 Å². The van der Waals surface area contributed by atoms with Crippen molar-refractivity contribution in [3.05, 3.63) is 0 Å². The van der Waals surface area contributed by atoms with Gasteiger partial charge in [-0.3, -0.25) is 4.90 Å². The fourth-order valence-corrected chi connectivity index (χ4v) is 2.35. The van der Waals surface area contributed by atoms with Crippen LogP contribution in [-0.4, -0.2) is 75.4 Å². The molecule has 18 heavy (non-hydrogen) atoms. The highest BCUT2D eigenvalue weighted by Crippen LogP contribution is 2.04. The molecule has 0 amide bonds. The Morgan fingerprint density at radius 1 is 1.28 bits per heavy atom. The minimum absolute atomic E-state index is 0.377. The van der Waals surface area contributed by atoms with Gasteiger partial charge in [0.1, 0.15) is 0 Å². The van der Waals surface area contributed by atoms with Crippen LogP contribution in [0.3, 0.4) is 0 Å². The van der Waals surface area contributed by atoms with E-state index in [1.54, 1.807) is 0 Å². The van der Waals surface area contributed by atoms with Gasteiger partial charge >= 0.3 is 0 Å². The highest BCUT2D eigenvalue weighted by molar-refractivity contribution is 4.74. The van der Waals surface area contributed by atoms with Crippen molar-refractivity contribution >= 4 is 0 Å². The first-order valence-electron chi connectivity index (χ1n) is 7.49. The van der Waals surface area contributed by atoms with E-state index in [0.717, 1.165) is 32.8 Å². The van der Waals surface area contributed by atoms with E-state index >= 15 is 0 Å². The summed E-state index contributed by atoms with van der Waals surface area (Å²) >= 11 is 0. The summed E-state index contributed by atoms with van der Waals surface area (Å²) in [6, 6.07) is 0. The second-order valence-corrected chi connectivity index (χ2v) is 5.30. The lowest BCUT2D eigenvalue weighted by Crippen LogP contribution is -2.48. The third-order valence-electron chi connectivity index (χ3n) is 3.42. The Balaban J connectivity index is 2.14. The molecule has 1 rings (SSSR count). The topological polar surface area (TPSA) is 27.7 Å². The molecule has 1 saturated heterocycles. The van der Waals surface area contributed by atoms with Crippen LogP contribution in [-0.2, 0) is 4.74 Å². The molecule has 1 aliphatic rings. The number of rotatable bonds is 9. The average molecular weight is 257 g/mol. The molecule has 0 bridgehead atoms. The first-order valence-corrected chi connectivity index (χ1v) is 7.49. The molecular weight excluding hydrogens is 226 g/mol. The fourth-order valence-electron chi connectivity index (χ4n) is 2.35. The number of hydrogen-bond acceptors (Lipinski definition) is 4. The Bertz CT molecular complexity index is 201. The van der Waals surface area contributed by atoms with Gasteiger partial charge in [-0.05, 0) is 33.0 Å². The molecule has 0 aliphatic carbocycles. The van der Waals surface area contributed by atoms with E-state index in [2.05, 4.69) is 36.0 Å². The molecule has 1 heterocycles. The van der Waals surface area contributed by atoms with Crippen molar-refractivity contribution in [2.75, 3.05) is 59.5 Å². The number of hydrogen-bond donors (Lipinski definition) is 1. The molecule has 1 aliphatic heterocycles. The van der Waals surface area contributed by atoms with Gasteiger partial charge in [-0.1, -0.05) is 13.8 Å². The second kappa shape index (κ2) is 9.73. The summed E-state index contributed by atoms with van der Waals surface area (Å²) in [4.78, 5) is 4.95. The number of nitrogens with one attached hydrogen (secondary N) is 1. The van der Waals surface area contributed by atoms with Crippen molar-refractivity contribution in [2.24, 2.45) is 0 Å². The first-order chi connectivity index (χ1) is 8.76. The van der Waals surface area contributed by atoms with E-state index in [1.165, 1.54) is 32.5 Å². The van der Waals surface area contributed by atoms with Crippen molar-refractivity contribution in [3.63, 3.8) is 0 Å². The van der Waals surface area contributed by atoms with Crippen molar-refractivity contribution < 1.29 is 4.74 Å². The van der Waals surface area contributed by atoms with Crippen LogP contribution in [0.25, 0.3) is 0 Å². The summed E-state index contributed by atoms with van der Waals surface area (Å²) in [7, 11) is 2.21. The number of likely N-dealkylation sites (N-methyl/N-ethyl adjacent to an activating group) is 1. The third kappa shape index (κ3) is 6.69. The molecule has 108 valence electrons. The zero-order valence-electron chi connectivity index (χ0n) is 12.5. The molecule has 0 spiro atoms. The van der Waals surface area contributed by atoms with Gasteiger partial charge in [0.05, 0.1) is 12.7 Å². The lowest BCUT2D eigenvalue weighted by Gasteiger charge is -2.34. The van der Waals surface area contributed by atoms with Gasteiger partial charge in [-0.2, -0.15) is 0 Å². The van der Waals surface area contributed by atoms with Gasteiger partial charge in [0.15, 0.2) is 0 Å². The van der Waals surface area contributed by atoms with E-state index in [4.69, 9.17) is 4.74 Å². The lowest BCUT2D eigenvalue weighted by atomic mass is 10.2. The second-order valence-electron chi connectivity index (χ2n) is 5.30. The van der Waals surface area contributed by atoms with Crippen molar-refractivity contribution in [1.29, 1.82) is 0 Å². The van der Waals surface area contributed by atoms with E-state index in [9.17, 15) is 0 Å². The smallest absolute Gasteiger partial charge is 0.0826 e. The highest BCUT2D eigenvalue weighted by Gasteiger charge is 2.19. The zero-order chi connectivity index (χ0) is 13.2. The zero-order valence-corrected chi connectivity index (χ0v) is 12.5. The van der Waals surface area contributed by atoms with E-state index < -0.39 is 0 Å². The summed E-state index contributed by atoms with van der Waals surface area (Å²) in [5, 5.41) is 3.45. The number of morpholine rings is 1. The Kier molecular flexibility index (Phi) is 8.59. The quantitative estimate of drug-likeness (QED) is 0.624. The largest absolute Gasteiger partial charge is 0.374 e. The summed E-state index contributed by atoms with van der Waals surface area (Å²) in [6.45, 7) is 13.1. The van der Waals surface area contributed by atoms with Gasteiger partial charge in [0.2, 0.25) is 0 Å². The molecule has 1 fully saturated rings. The van der Waals surface area contributed by atoms with Crippen molar-refractivity contribution in [3.8, 4) is 0 Å². The molecule has 0 saturated carbocycles. The summed E-state index contributed by atoms with van der Waals surface area (Å²) in [5.41, 5.74) is 0. The summed E-state index contributed by atoms with van der Waals surface area (Å²) in [5.74, 6) is 0. The molecule has 4 nitrogen and oxygen atoms in total. The third-order valence-corrected chi connectivity index (χ3v) is 3.42. The first kappa shape index (κ1) is 15.9. The van der Waals surface area contributed by atoms with Crippen LogP contribution in [0.1, 0.15) is 26.7 Å². The minimum atomic E-state index is 0.377. The molecule has 1 unspecified atom stereocenters. The van der Waals surface area contributed by atoms with Gasteiger partial charge in [0.25, 0.3) is 0 Å². The Hall–Kier alpha value is -0.160. The predicted molar refractivity (Wildman–Crippen MR) is 77.1 cm³/mol. The number of nitrogens with zero attached hydrogens (tertiary/aromatic N) is 2. The molecule has 0 aromatic heterocycles. The minimum Gasteiger partial charge on any atom is -0.374 e. The van der Waals surface area contributed by atoms with E-state index in [-0.39, 0.29) is 0 Å². The average Bonchev–Trinajstić information content (AvgIpc) is 2.38. The van der Waals surface area contributed by atoms with E-state index in [0.29, 0.717) is 6.10 Å². The monoisotopic (exact) mass is 257 g/mol. The van der Waals surface area contributed by atoms with E-state index in [1.807, 2.05) is 0 Å². The SMILES string of the molecule is CCCNCC1CN(CCN(C)CCC)CCO1. The maximum Gasteiger partial charge on any atom is 0.0826 e. The lowest BCUT2D eigenvalue weighted by molar-refractivity contribution is -0.0285. The molecule has 1 N–H and O–H groups in total. The Morgan fingerprint density at radius 2 is 2.11 bits per heavy atom. The molecular formula is C14H31N3O. The van der Waals surface area contributed by atoms with Gasteiger partial charge in [-0.15, -0.1) is 0 Å².